The van der Waals surface area contributed by atoms with Gasteiger partial charge in [0.25, 0.3) is 0 Å². The van der Waals surface area contributed by atoms with Crippen LogP contribution in [0, 0.1) is 5.82 Å². The normalized spacial score (nSPS) is 24.7. The molecule has 4 heterocycles. The van der Waals surface area contributed by atoms with E-state index in [-0.39, 0.29) is 61.0 Å². The van der Waals surface area contributed by atoms with Crippen molar-refractivity contribution in [2.45, 2.75) is 56.5 Å². The first-order valence-electron chi connectivity index (χ1n) is 16.0. The Labute approximate surface area is 285 Å². The Morgan fingerprint density at radius 3 is 2.49 bits per heavy atom. The molecule has 7 rings (SSSR count). The summed E-state index contributed by atoms with van der Waals surface area (Å²) in [6, 6.07) is 15.3. The summed E-state index contributed by atoms with van der Waals surface area (Å²) < 4.78 is 55.3. The number of ketones is 1. The Bertz CT molecular complexity index is 1940. The van der Waals surface area contributed by atoms with Crippen LogP contribution in [0.1, 0.15) is 23.7 Å². The standard InChI is InChI=1S/C36H34ClF2N3O7/c1-19(43)25-15-41(28-11-10-21(13-24(25)28)49-31-18-48-34-30(46-2)17-47-35(31)34)16-32(44)42-14-20(38)12-29(42)36(45)40-27-9-5-7-23(33(27)39)22-6-3-4-8-26(22)37/h3-11,13,15,20,29-31,34-35H,12,14,16-18H2,1-2H3,(H,40,45)/t20-,29+,30?,31-,34-,35-/m1/s1. The van der Waals surface area contributed by atoms with Crippen molar-refractivity contribution in [1.29, 1.82) is 0 Å². The second kappa shape index (κ2) is 13.5. The number of alkyl halides is 1. The maximum Gasteiger partial charge on any atom is 0.247 e. The van der Waals surface area contributed by atoms with Crippen LogP contribution < -0.4 is 10.1 Å². The third kappa shape index (κ3) is 6.29. The Morgan fingerprint density at radius 2 is 1.73 bits per heavy atom. The van der Waals surface area contributed by atoms with Crippen LogP contribution in [0.5, 0.6) is 5.75 Å². The van der Waals surface area contributed by atoms with Crippen LogP contribution >= 0.6 is 11.6 Å². The largest absolute Gasteiger partial charge is 0.485 e. The molecule has 3 aliphatic rings. The molecule has 1 aromatic heterocycles. The van der Waals surface area contributed by atoms with Gasteiger partial charge in [0.1, 0.15) is 42.8 Å². The van der Waals surface area contributed by atoms with E-state index in [0.717, 1.165) is 4.90 Å². The second-order valence-electron chi connectivity index (χ2n) is 12.5. The van der Waals surface area contributed by atoms with Gasteiger partial charge in [-0.2, -0.15) is 0 Å². The van der Waals surface area contributed by atoms with Gasteiger partial charge in [-0.15, -0.1) is 0 Å². The number of aromatic nitrogens is 1. The summed E-state index contributed by atoms with van der Waals surface area (Å²) in [4.78, 5) is 40.9. The zero-order chi connectivity index (χ0) is 34.4. The Morgan fingerprint density at radius 1 is 1.00 bits per heavy atom. The monoisotopic (exact) mass is 693 g/mol. The van der Waals surface area contributed by atoms with E-state index in [0.29, 0.717) is 46.0 Å². The molecule has 0 bridgehead atoms. The number of anilines is 1. The first kappa shape index (κ1) is 33.2. The van der Waals surface area contributed by atoms with Crippen LogP contribution in [0.4, 0.5) is 14.5 Å². The number of rotatable bonds is 9. The maximum absolute atomic E-state index is 15.6. The first-order valence-corrected chi connectivity index (χ1v) is 16.3. The number of nitrogens with zero attached hydrogens (tertiary/aromatic N) is 2. The number of carbonyl (C=O) groups excluding carboxylic acids is 3. The molecule has 256 valence electrons. The number of hydrogen-bond acceptors (Lipinski definition) is 7. The van der Waals surface area contributed by atoms with E-state index in [1.807, 2.05) is 0 Å². The Balaban J connectivity index is 1.08. The first-order chi connectivity index (χ1) is 23.6. The molecule has 0 saturated carbocycles. The lowest BCUT2D eigenvalue weighted by Crippen LogP contribution is -2.44. The summed E-state index contributed by atoms with van der Waals surface area (Å²) in [5, 5.41) is 3.46. The summed E-state index contributed by atoms with van der Waals surface area (Å²) in [5.74, 6) is -1.67. The van der Waals surface area contributed by atoms with Gasteiger partial charge < -0.3 is 33.7 Å². The number of likely N-dealkylation sites (tertiary alicyclic amines) is 1. The van der Waals surface area contributed by atoms with Gasteiger partial charge in [-0.1, -0.05) is 41.9 Å². The van der Waals surface area contributed by atoms with E-state index in [2.05, 4.69) is 5.32 Å². The van der Waals surface area contributed by atoms with Crippen LogP contribution in [-0.2, 0) is 30.3 Å². The van der Waals surface area contributed by atoms with Crippen molar-refractivity contribution in [3.63, 3.8) is 0 Å². The van der Waals surface area contributed by atoms with Gasteiger partial charge in [-0.05, 0) is 37.3 Å². The number of halogens is 3. The average molecular weight is 694 g/mol. The second-order valence-corrected chi connectivity index (χ2v) is 12.9. The molecular formula is C36H34ClF2N3O7. The molecule has 49 heavy (non-hydrogen) atoms. The molecule has 0 aliphatic carbocycles. The predicted molar refractivity (Wildman–Crippen MR) is 177 cm³/mol. The van der Waals surface area contributed by atoms with Gasteiger partial charge in [-0.3, -0.25) is 14.4 Å². The van der Waals surface area contributed by atoms with E-state index < -0.39 is 29.8 Å². The van der Waals surface area contributed by atoms with E-state index >= 15 is 4.39 Å². The fraction of sp³-hybridized carbons (Fsp3) is 0.361. The number of fused-ring (bicyclic) bond motifs is 2. The summed E-state index contributed by atoms with van der Waals surface area (Å²) in [6.07, 6.45) is -1.17. The smallest absolute Gasteiger partial charge is 0.247 e. The topological polar surface area (TPSA) is 108 Å². The van der Waals surface area contributed by atoms with Crippen LogP contribution in [0.25, 0.3) is 22.0 Å². The van der Waals surface area contributed by atoms with Crippen molar-refractivity contribution in [2.75, 3.05) is 32.2 Å². The van der Waals surface area contributed by atoms with Crippen molar-refractivity contribution in [1.82, 2.24) is 9.47 Å². The fourth-order valence-corrected chi connectivity index (χ4v) is 7.18. The van der Waals surface area contributed by atoms with Crippen molar-refractivity contribution in [3.05, 3.63) is 83.3 Å². The minimum Gasteiger partial charge on any atom is -0.485 e. The molecule has 1 unspecified atom stereocenters. The number of amides is 2. The molecule has 10 nitrogen and oxygen atoms in total. The molecule has 2 amide bonds. The lowest BCUT2D eigenvalue weighted by molar-refractivity contribution is -0.137. The van der Waals surface area contributed by atoms with Crippen molar-refractivity contribution in [3.8, 4) is 16.9 Å². The number of Topliss-reactive ketones (excluding diaryl/α,β-unsaturated/α-hetero) is 1. The highest BCUT2D eigenvalue weighted by molar-refractivity contribution is 6.33. The molecule has 13 heteroatoms. The van der Waals surface area contributed by atoms with Crippen LogP contribution in [0.3, 0.4) is 0 Å². The zero-order valence-corrected chi connectivity index (χ0v) is 27.5. The van der Waals surface area contributed by atoms with Gasteiger partial charge >= 0.3 is 0 Å². The van der Waals surface area contributed by atoms with Crippen LogP contribution in [-0.4, -0.2) is 90.6 Å². The SMILES string of the molecule is COC1CO[C@H]2[C@@H]1OC[C@H]2Oc1ccc2c(c1)c(C(C)=O)cn2CC(=O)N1C[C@H](F)C[C@H]1C(=O)Nc1cccc(-c2ccccc2Cl)c1F. The number of ether oxygens (including phenoxy) is 4. The van der Waals surface area contributed by atoms with Gasteiger partial charge in [0.15, 0.2) is 17.7 Å². The van der Waals surface area contributed by atoms with Gasteiger partial charge in [0, 0.05) is 52.3 Å². The predicted octanol–water partition coefficient (Wildman–Crippen LogP) is 5.44. The minimum atomic E-state index is -1.45. The Kier molecular flexibility index (Phi) is 9.14. The molecule has 3 aromatic carbocycles. The van der Waals surface area contributed by atoms with Gasteiger partial charge in [0.2, 0.25) is 11.8 Å². The molecule has 0 spiro atoms. The molecular weight excluding hydrogens is 660 g/mol. The molecule has 3 aliphatic heterocycles. The highest BCUT2D eigenvalue weighted by Crippen LogP contribution is 2.35. The molecule has 4 aromatic rings. The van der Waals surface area contributed by atoms with Crippen LogP contribution in [0.2, 0.25) is 5.02 Å². The number of benzene rings is 3. The lowest BCUT2D eigenvalue weighted by Gasteiger charge is -2.24. The maximum atomic E-state index is 15.6. The Hall–Kier alpha value is -4.36. The van der Waals surface area contributed by atoms with Crippen LogP contribution in [0.15, 0.2) is 66.9 Å². The van der Waals surface area contributed by atoms with Gasteiger partial charge in [-0.25, -0.2) is 8.78 Å². The van der Waals surface area contributed by atoms with E-state index in [1.165, 1.54) is 13.0 Å². The number of nitrogens with one attached hydrogen (secondary N) is 1. The lowest BCUT2D eigenvalue weighted by atomic mass is 10.0. The molecule has 0 radical (unpaired) electrons. The number of methoxy groups -OCH3 is 1. The molecule has 3 fully saturated rings. The average Bonchev–Trinajstić information content (AvgIpc) is 3.86. The summed E-state index contributed by atoms with van der Waals surface area (Å²) >= 11 is 6.27. The van der Waals surface area contributed by atoms with Crippen molar-refractivity contribution < 1.29 is 42.1 Å². The third-order valence-electron chi connectivity index (χ3n) is 9.38. The summed E-state index contributed by atoms with van der Waals surface area (Å²) in [7, 11) is 1.61. The molecule has 3 saturated heterocycles. The van der Waals surface area contributed by atoms with E-state index in [9.17, 15) is 18.8 Å². The number of carbonyl (C=O) groups is 3. The highest BCUT2D eigenvalue weighted by Gasteiger charge is 2.49. The van der Waals surface area contributed by atoms with Gasteiger partial charge in [0.05, 0.1) is 25.4 Å². The van der Waals surface area contributed by atoms with Crippen molar-refractivity contribution >= 4 is 45.8 Å². The molecule has 6 atom stereocenters. The van der Waals surface area contributed by atoms with E-state index in [4.69, 9.17) is 30.5 Å². The molecule has 1 N–H and O–H groups in total. The van der Waals surface area contributed by atoms with Crippen molar-refractivity contribution in [2.24, 2.45) is 0 Å². The quantitative estimate of drug-likeness (QED) is 0.233. The van der Waals surface area contributed by atoms with E-state index in [1.54, 1.807) is 72.5 Å². The number of hydrogen-bond donors (Lipinski definition) is 1. The summed E-state index contributed by atoms with van der Waals surface area (Å²) in [6.45, 7) is 1.60. The fourth-order valence-electron chi connectivity index (χ4n) is 6.95. The summed E-state index contributed by atoms with van der Waals surface area (Å²) in [5.41, 5.74) is 1.48. The third-order valence-corrected chi connectivity index (χ3v) is 9.71. The minimum absolute atomic E-state index is 0.115. The highest BCUT2D eigenvalue weighted by atomic mass is 35.5. The zero-order valence-electron chi connectivity index (χ0n) is 26.7.